The number of aromatic nitrogens is 2. The SMILES string of the molecule is Cc1cc(C)nc(NCCCC(=O)Nc2ccc(CC(=O)O)cc2)n1. The van der Waals surface area contributed by atoms with Crippen molar-refractivity contribution in [2.75, 3.05) is 17.2 Å². The molecule has 0 atom stereocenters. The van der Waals surface area contributed by atoms with Crippen LogP contribution in [0.15, 0.2) is 30.3 Å². The van der Waals surface area contributed by atoms with Crippen LogP contribution in [0.3, 0.4) is 0 Å². The van der Waals surface area contributed by atoms with Gasteiger partial charge in [0.25, 0.3) is 0 Å². The summed E-state index contributed by atoms with van der Waals surface area (Å²) in [4.78, 5) is 31.1. The van der Waals surface area contributed by atoms with E-state index in [4.69, 9.17) is 5.11 Å². The van der Waals surface area contributed by atoms with Crippen LogP contribution in [0, 0.1) is 13.8 Å². The number of benzene rings is 1. The van der Waals surface area contributed by atoms with Crippen LogP contribution in [0.5, 0.6) is 0 Å². The highest BCUT2D eigenvalue weighted by Gasteiger charge is 2.05. The van der Waals surface area contributed by atoms with Crippen LogP contribution in [0.1, 0.15) is 29.8 Å². The Hall–Kier alpha value is -2.96. The van der Waals surface area contributed by atoms with E-state index in [0.29, 0.717) is 36.6 Å². The average molecular weight is 342 g/mol. The molecular formula is C18H22N4O3. The number of carboxylic acid groups (broad SMARTS) is 1. The summed E-state index contributed by atoms with van der Waals surface area (Å²) in [6.07, 6.45) is 0.994. The molecule has 0 radical (unpaired) electrons. The molecule has 0 fully saturated rings. The van der Waals surface area contributed by atoms with Gasteiger partial charge in [0, 0.05) is 30.0 Å². The lowest BCUT2D eigenvalue weighted by atomic mass is 10.1. The molecule has 0 spiro atoms. The maximum absolute atomic E-state index is 11.9. The lowest BCUT2D eigenvalue weighted by Gasteiger charge is -2.08. The number of aryl methyl sites for hydroxylation is 2. The number of hydrogen-bond acceptors (Lipinski definition) is 5. The van der Waals surface area contributed by atoms with Crippen molar-refractivity contribution in [2.24, 2.45) is 0 Å². The Balaban J connectivity index is 1.72. The first-order valence-corrected chi connectivity index (χ1v) is 8.09. The van der Waals surface area contributed by atoms with E-state index in [0.717, 1.165) is 11.4 Å². The molecule has 0 saturated heterocycles. The normalized spacial score (nSPS) is 10.3. The number of carbonyl (C=O) groups is 2. The van der Waals surface area contributed by atoms with E-state index in [1.54, 1.807) is 24.3 Å². The van der Waals surface area contributed by atoms with Crippen LogP contribution in [-0.2, 0) is 16.0 Å². The zero-order chi connectivity index (χ0) is 18.2. The molecule has 7 nitrogen and oxygen atoms in total. The van der Waals surface area contributed by atoms with Crippen molar-refractivity contribution in [3.05, 3.63) is 47.3 Å². The van der Waals surface area contributed by atoms with Crippen molar-refractivity contribution < 1.29 is 14.7 Å². The van der Waals surface area contributed by atoms with Crippen LogP contribution < -0.4 is 10.6 Å². The van der Waals surface area contributed by atoms with Crippen molar-refractivity contribution in [2.45, 2.75) is 33.1 Å². The molecule has 3 N–H and O–H groups in total. The zero-order valence-corrected chi connectivity index (χ0v) is 14.4. The predicted molar refractivity (Wildman–Crippen MR) is 95.6 cm³/mol. The van der Waals surface area contributed by atoms with Crippen LogP contribution in [-0.4, -0.2) is 33.5 Å². The molecular weight excluding hydrogens is 320 g/mol. The van der Waals surface area contributed by atoms with Gasteiger partial charge in [0.05, 0.1) is 6.42 Å². The van der Waals surface area contributed by atoms with Gasteiger partial charge in [0.1, 0.15) is 0 Å². The summed E-state index contributed by atoms with van der Waals surface area (Å²) in [5.74, 6) is -0.391. The average Bonchev–Trinajstić information content (AvgIpc) is 2.52. The fourth-order valence-electron chi connectivity index (χ4n) is 2.36. The monoisotopic (exact) mass is 342 g/mol. The largest absolute Gasteiger partial charge is 0.481 e. The fraction of sp³-hybridized carbons (Fsp3) is 0.333. The Labute approximate surface area is 146 Å². The molecule has 1 heterocycles. The number of anilines is 2. The molecule has 25 heavy (non-hydrogen) atoms. The van der Waals surface area contributed by atoms with E-state index in [-0.39, 0.29) is 12.3 Å². The van der Waals surface area contributed by atoms with Gasteiger partial charge in [-0.1, -0.05) is 12.1 Å². The third-order valence-electron chi connectivity index (χ3n) is 3.44. The van der Waals surface area contributed by atoms with Gasteiger partial charge in [0.2, 0.25) is 11.9 Å². The second-order valence-corrected chi connectivity index (χ2v) is 5.82. The van der Waals surface area contributed by atoms with Crippen molar-refractivity contribution in [3.8, 4) is 0 Å². The van der Waals surface area contributed by atoms with E-state index in [9.17, 15) is 9.59 Å². The molecule has 0 aliphatic carbocycles. The molecule has 2 rings (SSSR count). The number of nitrogens with zero attached hydrogens (tertiary/aromatic N) is 2. The Morgan fingerprint density at radius 2 is 1.72 bits per heavy atom. The second kappa shape index (κ2) is 8.77. The lowest BCUT2D eigenvalue weighted by molar-refractivity contribution is -0.136. The van der Waals surface area contributed by atoms with Gasteiger partial charge in [-0.25, -0.2) is 9.97 Å². The Morgan fingerprint density at radius 1 is 1.08 bits per heavy atom. The number of carboxylic acids is 1. The molecule has 2 aromatic rings. The number of carbonyl (C=O) groups excluding carboxylic acids is 1. The second-order valence-electron chi connectivity index (χ2n) is 5.82. The number of hydrogen-bond donors (Lipinski definition) is 3. The first-order valence-electron chi connectivity index (χ1n) is 8.09. The van der Waals surface area contributed by atoms with Crippen LogP contribution in [0.2, 0.25) is 0 Å². The topological polar surface area (TPSA) is 104 Å². The molecule has 1 amide bonds. The van der Waals surface area contributed by atoms with Crippen LogP contribution in [0.4, 0.5) is 11.6 Å². The minimum absolute atomic E-state index is 0.0274. The summed E-state index contributed by atoms with van der Waals surface area (Å²) in [6.45, 7) is 4.43. The summed E-state index contributed by atoms with van der Waals surface area (Å²) in [5.41, 5.74) is 3.16. The van der Waals surface area contributed by atoms with Crippen LogP contribution in [0.25, 0.3) is 0 Å². The van der Waals surface area contributed by atoms with Gasteiger partial charge in [-0.2, -0.15) is 0 Å². The standard InChI is InChI=1S/C18H22N4O3/c1-12-10-13(2)21-18(20-12)19-9-3-4-16(23)22-15-7-5-14(6-8-15)11-17(24)25/h5-8,10H,3-4,9,11H2,1-2H3,(H,22,23)(H,24,25)(H,19,20,21). The van der Waals surface area contributed by atoms with Gasteiger partial charge in [0.15, 0.2) is 0 Å². The number of amides is 1. The Morgan fingerprint density at radius 3 is 2.32 bits per heavy atom. The summed E-state index contributed by atoms with van der Waals surface area (Å²) in [5, 5.41) is 14.6. The fourth-order valence-corrected chi connectivity index (χ4v) is 2.36. The first kappa shape index (κ1) is 18.4. The number of nitrogens with one attached hydrogen (secondary N) is 2. The van der Waals surface area contributed by atoms with E-state index >= 15 is 0 Å². The molecule has 1 aromatic heterocycles. The molecule has 1 aromatic carbocycles. The number of rotatable bonds is 8. The van der Waals surface area contributed by atoms with Gasteiger partial charge < -0.3 is 15.7 Å². The van der Waals surface area contributed by atoms with Crippen molar-refractivity contribution in [3.63, 3.8) is 0 Å². The zero-order valence-electron chi connectivity index (χ0n) is 14.4. The molecule has 132 valence electrons. The van der Waals surface area contributed by atoms with Crippen molar-refractivity contribution in [1.29, 1.82) is 0 Å². The van der Waals surface area contributed by atoms with E-state index in [1.165, 1.54) is 0 Å². The third kappa shape index (κ3) is 6.58. The Bertz CT molecular complexity index is 724. The maximum Gasteiger partial charge on any atom is 0.307 e. The first-order chi connectivity index (χ1) is 11.9. The highest BCUT2D eigenvalue weighted by molar-refractivity contribution is 5.90. The quantitative estimate of drug-likeness (QED) is 0.637. The molecule has 7 heteroatoms. The molecule has 0 unspecified atom stereocenters. The molecule has 0 aliphatic rings. The van der Waals surface area contributed by atoms with Crippen molar-refractivity contribution >= 4 is 23.5 Å². The summed E-state index contributed by atoms with van der Waals surface area (Å²) in [6, 6.07) is 8.71. The summed E-state index contributed by atoms with van der Waals surface area (Å²) >= 11 is 0. The minimum atomic E-state index is -0.878. The van der Waals surface area contributed by atoms with Gasteiger partial charge in [-0.05, 0) is 44.0 Å². The Kier molecular flexibility index (Phi) is 6.45. The van der Waals surface area contributed by atoms with Crippen molar-refractivity contribution in [1.82, 2.24) is 9.97 Å². The van der Waals surface area contributed by atoms with E-state index < -0.39 is 5.97 Å². The highest BCUT2D eigenvalue weighted by Crippen LogP contribution is 2.11. The van der Waals surface area contributed by atoms with Gasteiger partial charge in [-0.15, -0.1) is 0 Å². The third-order valence-corrected chi connectivity index (χ3v) is 3.44. The smallest absolute Gasteiger partial charge is 0.307 e. The van der Waals surface area contributed by atoms with E-state index in [1.807, 2.05) is 19.9 Å². The predicted octanol–water partition coefficient (Wildman–Crippen LogP) is 2.55. The number of aliphatic carboxylic acids is 1. The van der Waals surface area contributed by atoms with E-state index in [2.05, 4.69) is 20.6 Å². The minimum Gasteiger partial charge on any atom is -0.481 e. The highest BCUT2D eigenvalue weighted by atomic mass is 16.4. The molecule has 0 saturated carbocycles. The lowest BCUT2D eigenvalue weighted by Crippen LogP contribution is -2.14. The van der Waals surface area contributed by atoms with Gasteiger partial charge >= 0.3 is 5.97 Å². The summed E-state index contributed by atoms with van der Waals surface area (Å²) in [7, 11) is 0. The van der Waals surface area contributed by atoms with Gasteiger partial charge in [-0.3, -0.25) is 9.59 Å². The maximum atomic E-state index is 11.9. The molecule has 0 bridgehead atoms. The van der Waals surface area contributed by atoms with Crippen LogP contribution >= 0.6 is 0 Å². The summed E-state index contributed by atoms with van der Waals surface area (Å²) < 4.78 is 0. The molecule has 0 aliphatic heterocycles.